The Labute approximate surface area is 171 Å². The minimum atomic E-state index is -0.337. The summed E-state index contributed by atoms with van der Waals surface area (Å²) < 4.78 is 0. The fourth-order valence-corrected chi connectivity index (χ4v) is 4.12. The Hall–Kier alpha value is -2.90. The van der Waals surface area contributed by atoms with Crippen molar-refractivity contribution in [1.82, 2.24) is 15.2 Å². The standard InChI is InChI=1S/C21H18N4OS2/c1-14(28-21-23-19(24-25-21)18-12-7-13-27-18)20(26)22-17-11-6-5-10-16(17)15-8-3-2-4-9-15/h2-14H,1H3,(H,22,26)(H,23,24,25). The van der Waals surface area contributed by atoms with Crippen molar-refractivity contribution in [2.24, 2.45) is 0 Å². The lowest BCUT2D eigenvalue weighted by Gasteiger charge is -2.14. The van der Waals surface area contributed by atoms with E-state index >= 15 is 0 Å². The fraction of sp³-hybridized carbons (Fsp3) is 0.0952. The molecule has 1 unspecified atom stereocenters. The molecular formula is C21H18N4OS2. The molecule has 28 heavy (non-hydrogen) atoms. The smallest absolute Gasteiger partial charge is 0.237 e. The predicted molar refractivity (Wildman–Crippen MR) is 116 cm³/mol. The second-order valence-electron chi connectivity index (χ2n) is 6.10. The number of H-pyrrole nitrogens is 1. The van der Waals surface area contributed by atoms with Crippen molar-refractivity contribution in [2.75, 3.05) is 5.32 Å². The third-order valence-corrected chi connectivity index (χ3v) is 5.98. The van der Waals surface area contributed by atoms with Gasteiger partial charge in [-0.2, -0.15) is 0 Å². The number of aromatic nitrogens is 3. The van der Waals surface area contributed by atoms with Gasteiger partial charge in [-0.1, -0.05) is 66.4 Å². The van der Waals surface area contributed by atoms with Gasteiger partial charge in [0.15, 0.2) is 5.82 Å². The Bertz CT molecular complexity index is 1060. The van der Waals surface area contributed by atoms with Gasteiger partial charge in [-0.25, -0.2) is 4.98 Å². The summed E-state index contributed by atoms with van der Waals surface area (Å²) in [5.74, 6) is 0.635. The van der Waals surface area contributed by atoms with E-state index in [0.717, 1.165) is 27.5 Å². The molecule has 0 aliphatic carbocycles. The van der Waals surface area contributed by atoms with Crippen LogP contribution in [0.5, 0.6) is 0 Å². The zero-order valence-corrected chi connectivity index (χ0v) is 16.8. The van der Waals surface area contributed by atoms with E-state index in [9.17, 15) is 4.79 Å². The number of thiophene rings is 1. The number of aromatic amines is 1. The van der Waals surface area contributed by atoms with Crippen LogP contribution in [0.4, 0.5) is 5.69 Å². The lowest BCUT2D eigenvalue weighted by molar-refractivity contribution is -0.115. The number of carbonyl (C=O) groups is 1. The summed E-state index contributed by atoms with van der Waals surface area (Å²) in [6.07, 6.45) is 0. The summed E-state index contributed by atoms with van der Waals surface area (Å²) >= 11 is 2.92. The highest BCUT2D eigenvalue weighted by Crippen LogP contribution is 2.29. The van der Waals surface area contributed by atoms with Crippen LogP contribution in [0.3, 0.4) is 0 Å². The number of amides is 1. The second-order valence-corrected chi connectivity index (χ2v) is 8.36. The lowest BCUT2D eigenvalue weighted by Crippen LogP contribution is -2.22. The highest BCUT2D eigenvalue weighted by molar-refractivity contribution is 8.00. The maximum absolute atomic E-state index is 12.7. The van der Waals surface area contributed by atoms with Crippen molar-refractivity contribution in [3.8, 4) is 21.8 Å². The number of rotatable bonds is 6. The summed E-state index contributed by atoms with van der Waals surface area (Å²) in [7, 11) is 0. The molecule has 0 spiro atoms. The normalized spacial score (nSPS) is 11.9. The van der Waals surface area contributed by atoms with Crippen LogP contribution in [0.2, 0.25) is 0 Å². The van der Waals surface area contributed by atoms with E-state index in [-0.39, 0.29) is 11.2 Å². The molecule has 2 heterocycles. The molecule has 0 saturated carbocycles. The summed E-state index contributed by atoms with van der Waals surface area (Å²) in [5.41, 5.74) is 2.85. The molecule has 2 aromatic carbocycles. The van der Waals surface area contributed by atoms with Crippen LogP contribution in [0.1, 0.15) is 6.92 Å². The van der Waals surface area contributed by atoms with Gasteiger partial charge < -0.3 is 5.32 Å². The van der Waals surface area contributed by atoms with Gasteiger partial charge in [0.05, 0.1) is 10.1 Å². The van der Waals surface area contributed by atoms with Crippen molar-refractivity contribution in [3.05, 3.63) is 72.1 Å². The minimum Gasteiger partial charge on any atom is -0.325 e. The van der Waals surface area contributed by atoms with Crippen molar-refractivity contribution in [1.29, 1.82) is 0 Å². The van der Waals surface area contributed by atoms with Crippen LogP contribution in [-0.2, 0) is 4.79 Å². The molecule has 1 atom stereocenters. The van der Waals surface area contributed by atoms with Crippen LogP contribution in [0.25, 0.3) is 21.8 Å². The van der Waals surface area contributed by atoms with Crippen LogP contribution in [0, 0.1) is 0 Å². The fourth-order valence-electron chi connectivity index (χ4n) is 2.73. The molecule has 0 bridgehead atoms. The van der Waals surface area contributed by atoms with E-state index in [0.29, 0.717) is 5.16 Å². The first-order valence-corrected chi connectivity index (χ1v) is 10.5. The van der Waals surface area contributed by atoms with E-state index in [1.54, 1.807) is 11.3 Å². The van der Waals surface area contributed by atoms with Crippen molar-refractivity contribution >= 4 is 34.7 Å². The Morgan fingerprint density at radius 3 is 2.64 bits per heavy atom. The molecule has 5 nitrogen and oxygen atoms in total. The summed E-state index contributed by atoms with van der Waals surface area (Å²) in [4.78, 5) is 18.2. The Balaban J connectivity index is 1.46. The van der Waals surface area contributed by atoms with Crippen molar-refractivity contribution in [3.63, 3.8) is 0 Å². The average molecular weight is 407 g/mol. The van der Waals surface area contributed by atoms with E-state index in [4.69, 9.17) is 0 Å². The van der Waals surface area contributed by atoms with E-state index in [1.165, 1.54) is 11.8 Å². The van der Waals surface area contributed by atoms with Crippen molar-refractivity contribution < 1.29 is 4.79 Å². The molecule has 2 aromatic heterocycles. The van der Waals surface area contributed by atoms with E-state index < -0.39 is 0 Å². The van der Waals surface area contributed by atoms with Crippen LogP contribution in [-0.4, -0.2) is 26.3 Å². The monoisotopic (exact) mass is 406 g/mol. The number of benzene rings is 2. The maximum atomic E-state index is 12.7. The van der Waals surface area contributed by atoms with Gasteiger partial charge >= 0.3 is 0 Å². The number of hydrogen-bond donors (Lipinski definition) is 2. The summed E-state index contributed by atoms with van der Waals surface area (Å²) in [6, 6.07) is 21.8. The minimum absolute atomic E-state index is 0.0872. The summed E-state index contributed by atoms with van der Waals surface area (Å²) in [5, 5.41) is 12.4. The number of hydrogen-bond acceptors (Lipinski definition) is 5. The number of thioether (sulfide) groups is 1. The van der Waals surface area contributed by atoms with E-state index in [1.807, 2.05) is 79.0 Å². The molecule has 0 aliphatic heterocycles. The second kappa shape index (κ2) is 8.41. The van der Waals surface area contributed by atoms with Crippen molar-refractivity contribution in [2.45, 2.75) is 17.3 Å². The number of anilines is 1. The molecule has 0 aliphatic rings. The van der Waals surface area contributed by atoms with Crippen LogP contribution < -0.4 is 5.32 Å². The molecule has 2 N–H and O–H groups in total. The van der Waals surface area contributed by atoms with E-state index in [2.05, 4.69) is 20.5 Å². The largest absolute Gasteiger partial charge is 0.325 e. The number of nitrogens with one attached hydrogen (secondary N) is 2. The quantitative estimate of drug-likeness (QED) is 0.425. The van der Waals surface area contributed by atoms with Gasteiger partial charge in [0.25, 0.3) is 0 Å². The third-order valence-electron chi connectivity index (χ3n) is 4.14. The van der Waals surface area contributed by atoms with Gasteiger partial charge in [0, 0.05) is 11.3 Å². The van der Waals surface area contributed by atoms with Gasteiger partial charge in [-0.05, 0) is 30.0 Å². The predicted octanol–water partition coefficient (Wildman–Crippen LogP) is 5.32. The molecule has 7 heteroatoms. The number of para-hydroxylation sites is 1. The molecule has 0 fully saturated rings. The number of carbonyl (C=O) groups excluding carboxylic acids is 1. The first-order valence-electron chi connectivity index (χ1n) is 8.79. The van der Waals surface area contributed by atoms with Crippen LogP contribution >= 0.6 is 23.1 Å². The molecule has 1 amide bonds. The SMILES string of the molecule is CC(Sc1n[nH]c(-c2cccs2)n1)C(=O)Nc1ccccc1-c1ccccc1. The Morgan fingerprint density at radius 2 is 1.86 bits per heavy atom. The molecule has 140 valence electrons. The zero-order valence-electron chi connectivity index (χ0n) is 15.1. The first-order chi connectivity index (χ1) is 13.7. The molecule has 0 radical (unpaired) electrons. The van der Waals surface area contributed by atoms with Gasteiger partial charge in [-0.3, -0.25) is 9.89 Å². The lowest BCUT2D eigenvalue weighted by atomic mass is 10.0. The highest BCUT2D eigenvalue weighted by atomic mass is 32.2. The average Bonchev–Trinajstić information content (AvgIpc) is 3.41. The third kappa shape index (κ3) is 4.16. The molecular weight excluding hydrogens is 388 g/mol. The summed E-state index contributed by atoms with van der Waals surface area (Å²) in [6.45, 7) is 1.85. The highest BCUT2D eigenvalue weighted by Gasteiger charge is 2.19. The molecule has 4 aromatic rings. The van der Waals surface area contributed by atoms with Crippen LogP contribution in [0.15, 0.2) is 77.3 Å². The Kier molecular flexibility index (Phi) is 5.55. The number of nitrogens with zero attached hydrogens (tertiary/aromatic N) is 2. The zero-order chi connectivity index (χ0) is 19.3. The molecule has 0 saturated heterocycles. The van der Waals surface area contributed by atoms with Gasteiger partial charge in [0.2, 0.25) is 11.1 Å². The Morgan fingerprint density at radius 1 is 1.07 bits per heavy atom. The topological polar surface area (TPSA) is 70.7 Å². The van der Waals surface area contributed by atoms with Gasteiger partial charge in [0.1, 0.15) is 0 Å². The first kappa shape index (κ1) is 18.5. The maximum Gasteiger partial charge on any atom is 0.237 e. The van der Waals surface area contributed by atoms with Gasteiger partial charge in [-0.15, -0.1) is 16.4 Å². The molecule has 4 rings (SSSR count).